The predicted molar refractivity (Wildman–Crippen MR) is 159 cm³/mol. The molecule has 0 N–H and O–H groups in total. The van der Waals surface area contributed by atoms with Crippen molar-refractivity contribution in [2.75, 3.05) is 19.8 Å². The SMILES string of the molecule is C#CCOc1cccc(/C=c2\sc3n(c2=O)[C@@H](c2ccc(OCC)cc2)C(C(=O)OCC)=C(c2ccccc2)N=3)c1. The number of thiazole rings is 1. The van der Waals surface area contributed by atoms with Crippen molar-refractivity contribution in [2.24, 2.45) is 4.99 Å². The molecule has 1 aromatic heterocycles. The Labute approximate surface area is 241 Å². The molecule has 0 amide bonds. The lowest BCUT2D eigenvalue weighted by atomic mass is 9.93. The molecule has 0 aliphatic carbocycles. The summed E-state index contributed by atoms with van der Waals surface area (Å²) in [7, 11) is 0. The van der Waals surface area contributed by atoms with E-state index in [1.165, 1.54) is 11.3 Å². The van der Waals surface area contributed by atoms with E-state index in [4.69, 9.17) is 25.6 Å². The quantitative estimate of drug-likeness (QED) is 0.223. The maximum absolute atomic E-state index is 14.0. The summed E-state index contributed by atoms with van der Waals surface area (Å²) in [5.41, 5.74) is 2.76. The first-order chi connectivity index (χ1) is 20.0. The van der Waals surface area contributed by atoms with Crippen LogP contribution in [0.4, 0.5) is 0 Å². The Kier molecular flexibility index (Phi) is 8.47. The lowest BCUT2D eigenvalue weighted by Gasteiger charge is -2.26. The van der Waals surface area contributed by atoms with Crippen LogP contribution in [0.2, 0.25) is 0 Å². The van der Waals surface area contributed by atoms with Crippen LogP contribution in [-0.4, -0.2) is 30.4 Å². The summed E-state index contributed by atoms with van der Waals surface area (Å²) in [5.74, 6) is 3.22. The maximum atomic E-state index is 14.0. The molecule has 0 bridgehead atoms. The molecular formula is C33H28N2O5S. The van der Waals surface area contributed by atoms with Gasteiger partial charge in [0.15, 0.2) is 4.80 Å². The number of fused-ring (bicyclic) bond motifs is 1. The number of carbonyl (C=O) groups is 1. The molecule has 1 aliphatic heterocycles. The number of hydrogen-bond acceptors (Lipinski definition) is 7. The number of hydrogen-bond donors (Lipinski definition) is 0. The highest BCUT2D eigenvalue weighted by Gasteiger charge is 2.35. The molecule has 4 aromatic rings. The fourth-order valence-corrected chi connectivity index (χ4v) is 5.64. The third kappa shape index (κ3) is 5.86. The van der Waals surface area contributed by atoms with Crippen LogP contribution in [0.5, 0.6) is 11.5 Å². The van der Waals surface area contributed by atoms with Gasteiger partial charge < -0.3 is 14.2 Å². The second kappa shape index (κ2) is 12.5. The molecule has 8 heteroatoms. The monoisotopic (exact) mass is 564 g/mol. The molecule has 1 atom stereocenters. The molecule has 0 saturated carbocycles. The highest BCUT2D eigenvalue weighted by atomic mass is 32.1. The van der Waals surface area contributed by atoms with E-state index in [1.807, 2.05) is 79.7 Å². The fraction of sp³-hybridized carbons (Fsp3) is 0.182. The van der Waals surface area contributed by atoms with Crippen molar-refractivity contribution in [3.05, 3.63) is 121 Å². The first kappa shape index (κ1) is 27.7. The van der Waals surface area contributed by atoms with Crippen LogP contribution in [0.3, 0.4) is 0 Å². The Morgan fingerprint density at radius 3 is 2.49 bits per heavy atom. The van der Waals surface area contributed by atoms with E-state index >= 15 is 0 Å². The molecule has 0 fully saturated rings. The maximum Gasteiger partial charge on any atom is 0.338 e. The highest BCUT2D eigenvalue weighted by molar-refractivity contribution is 7.07. The second-order valence-corrected chi connectivity index (χ2v) is 10.0. The van der Waals surface area contributed by atoms with Crippen molar-refractivity contribution in [1.29, 1.82) is 0 Å². The third-order valence-electron chi connectivity index (χ3n) is 6.36. The molecule has 0 spiro atoms. The van der Waals surface area contributed by atoms with Crippen molar-refractivity contribution in [3.8, 4) is 23.8 Å². The summed E-state index contributed by atoms with van der Waals surface area (Å²) < 4.78 is 18.7. The lowest BCUT2D eigenvalue weighted by molar-refractivity contribution is -0.138. The number of rotatable bonds is 9. The van der Waals surface area contributed by atoms with Crippen LogP contribution in [0.1, 0.15) is 36.6 Å². The van der Waals surface area contributed by atoms with Gasteiger partial charge in [-0.25, -0.2) is 9.79 Å². The van der Waals surface area contributed by atoms with E-state index in [0.29, 0.717) is 38.7 Å². The minimum atomic E-state index is -0.761. The fourth-order valence-electron chi connectivity index (χ4n) is 4.64. The van der Waals surface area contributed by atoms with Crippen molar-refractivity contribution >= 4 is 29.1 Å². The zero-order chi connectivity index (χ0) is 28.8. The number of aromatic nitrogens is 1. The molecule has 1 aliphatic rings. The summed E-state index contributed by atoms with van der Waals surface area (Å²) in [6.45, 7) is 4.52. The second-order valence-electron chi connectivity index (χ2n) is 9.00. The van der Waals surface area contributed by atoms with Crippen LogP contribution in [0.25, 0.3) is 11.8 Å². The van der Waals surface area contributed by atoms with Gasteiger partial charge in [0.05, 0.1) is 35.1 Å². The summed E-state index contributed by atoms with van der Waals surface area (Å²) in [5, 5.41) is 0. The van der Waals surface area contributed by atoms with Crippen LogP contribution in [-0.2, 0) is 9.53 Å². The molecule has 206 valence electrons. The predicted octanol–water partition coefficient (Wildman–Crippen LogP) is 4.35. The van der Waals surface area contributed by atoms with Crippen molar-refractivity contribution < 1.29 is 19.0 Å². The van der Waals surface area contributed by atoms with Gasteiger partial charge in [-0.2, -0.15) is 0 Å². The molecule has 0 unspecified atom stereocenters. The van der Waals surface area contributed by atoms with E-state index in [9.17, 15) is 9.59 Å². The van der Waals surface area contributed by atoms with Crippen molar-refractivity contribution in [1.82, 2.24) is 4.57 Å². The zero-order valence-electron chi connectivity index (χ0n) is 22.7. The van der Waals surface area contributed by atoms with Gasteiger partial charge in [0, 0.05) is 5.56 Å². The molecule has 5 rings (SSSR count). The molecule has 41 heavy (non-hydrogen) atoms. The Bertz CT molecular complexity index is 1810. The molecular weight excluding hydrogens is 536 g/mol. The van der Waals surface area contributed by atoms with Crippen molar-refractivity contribution in [3.63, 3.8) is 0 Å². The molecule has 2 heterocycles. The van der Waals surface area contributed by atoms with Gasteiger partial charge >= 0.3 is 5.97 Å². The van der Waals surface area contributed by atoms with Gasteiger partial charge in [0.2, 0.25) is 0 Å². The molecule has 3 aromatic carbocycles. The van der Waals surface area contributed by atoms with E-state index in [1.54, 1.807) is 23.6 Å². The number of esters is 1. The topological polar surface area (TPSA) is 79.1 Å². The standard InChI is InChI=1S/C33H28N2O5S/c1-4-19-40-26-14-10-11-22(20-26)21-27-31(36)35-30(24-15-17-25(18-16-24)38-5-2)28(32(37)39-6-3)29(34-33(35)41-27)23-12-8-7-9-13-23/h1,7-18,20-21,30H,5-6,19H2,2-3H3/b27-21-/t30-/m0/s1. The van der Waals surface area contributed by atoms with Crippen LogP contribution < -0.4 is 24.4 Å². The Balaban J connectivity index is 1.75. The van der Waals surface area contributed by atoms with Crippen molar-refractivity contribution in [2.45, 2.75) is 19.9 Å². The number of terminal acetylenes is 1. The van der Waals surface area contributed by atoms with Gasteiger partial charge in [-0.3, -0.25) is 9.36 Å². The molecule has 0 radical (unpaired) electrons. The van der Waals surface area contributed by atoms with Crippen LogP contribution in [0, 0.1) is 12.3 Å². The minimum absolute atomic E-state index is 0.145. The third-order valence-corrected chi connectivity index (χ3v) is 7.34. The Morgan fingerprint density at radius 1 is 1.00 bits per heavy atom. The lowest BCUT2D eigenvalue weighted by Crippen LogP contribution is -2.40. The highest BCUT2D eigenvalue weighted by Crippen LogP contribution is 2.35. The van der Waals surface area contributed by atoms with E-state index in [-0.39, 0.29) is 18.8 Å². The number of nitrogens with zero attached hydrogens (tertiary/aromatic N) is 2. The Morgan fingerprint density at radius 2 is 1.78 bits per heavy atom. The smallest absolute Gasteiger partial charge is 0.338 e. The van der Waals surface area contributed by atoms with Gasteiger partial charge in [-0.1, -0.05) is 71.9 Å². The summed E-state index contributed by atoms with van der Waals surface area (Å²) in [6.07, 6.45) is 7.11. The van der Waals surface area contributed by atoms with Crippen LogP contribution >= 0.6 is 11.3 Å². The minimum Gasteiger partial charge on any atom is -0.494 e. The number of ether oxygens (including phenoxy) is 3. The summed E-state index contributed by atoms with van der Waals surface area (Å²) >= 11 is 1.26. The largest absolute Gasteiger partial charge is 0.494 e. The average Bonchev–Trinajstić information content (AvgIpc) is 3.30. The number of carbonyl (C=O) groups excluding carboxylic acids is 1. The molecule has 0 saturated heterocycles. The summed E-state index contributed by atoms with van der Waals surface area (Å²) in [4.78, 5) is 32.9. The summed E-state index contributed by atoms with van der Waals surface area (Å²) in [6, 6.07) is 23.4. The average molecular weight is 565 g/mol. The van der Waals surface area contributed by atoms with Crippen LogP contribution in [0.15, 0.2) is 94.2 Å². The normalized spacial score (nSPS) is 14.6. The van der Waals surface area contributed by atoms with Gasteiger partial charge in [-0.05, 0) is 55.3 Å². The zero-order valence-corrected chi connectivity index (χ0v) is 23.5. The first-order valence-corrected chi connectivity index (χ1v) is 14.0. The number of benzene rings is 3. The Hall–Kier alpha value is -4.87. The first-order valence-electron chi connectivity index (χ1n) is 13.2. The van der Waals surface area contributed by atoms with E-state index in [0.717, 1.165) is 16.7 Å². The van der Waals surface area contributed by atoms with E-state index in [2.05, 4.69) is 5.92 Å². The van der Waals surface area contributed by atoms with Gasteiger partial charge in [-0.15, -0.1) is 6.42 Å². The van der Waals surface area contributed by atoms with E-state index < -0.39 is 12.0 Å². The molecule has 7 nitrogen and oxygen atoms in total. The van der Waals surface area contributed by atoms with Gasteiger partial charge in [0.1, 0.15) is 18.1 Å². The van der Waals surface area contributed by atoms with Gasteiger partial charge in [0.25, 0.3) is 5.56 Å².